The van der Waals surface area contributed by atoms with Crippen LogP contribution in [0.15, 0.2) is 18.2 Å². The van der Waals surface area contributed by atoms with Crippen molar-refractivity contribution in [2.45, 2.75) is 32.1 Å². The van der Waals surface area contributed by atoms with Gasteiger partial charge in [-0.15, -0.1) is 0 Å². The van der Waals surface area contributed by atoms with E-state index in [0.29, 0.717) is 12.2 Å². The number of rotatable bonds is 1. The Morgan fingerprint density at radius 3 is 2.67 bits per heavy atom. The van der Waals surface area contributed by atoms with Gasteiger partial charge >= 0.3 is 0 Å². The van der Waals surface area contributed by atoms with Crippen molar-refractivity contribution in [2.75, 3.05) is 7.11 Å². The highest BCUT2D eigenvalue weighted by Gasteiger charge is 2.37. The van der Waals surface area contributed by atoms with Crippen molar-refractivity contribution >= 4 is 5.78 Å². The van der Waals surface area contributed by atoms with E-state index in [1.807, 2.05) is 26.0 Å². The van der Waals surface area contributed by atoms with Crippen LogP contribution in [0.4, 0.5) is 0 Å². The first-order valence-electron chi connectivity index (χ1n) is 5.27. The van der Waals surface area contributed by atoms with Crippen LogP contribution in [-0.2, 0) is 16.6 Å². The molecule has 0 saturated heterocycles. The Bertz CT molecular complexity index is 391. The second-order valence-electron chi connectivity index (χ2n) is 4.54. The predicted octanol–water partition coefficient (Wildman–Crippen LogP) is 2.49. The number of ether oxygens (including phenoxy) is 1. The zero-order valence-corrected chi connectivity index (χ0v) is 9.46. The van der Waals surface area contributed by atoms with Gasteiger partial charge in [0, 0.05) is 12.0 Å². The van der Waals surface area contributed by atoms with Crippen LogP contribution < -0.4 is 4.74 Å². The van der Waals surface area contributed by atoms with E-state index in [9.17, 15) is 4.79 Å². The lowest BCUT2D eigenvalue weighted by molar-refractivity contribution is -0.124. The molecule has 0 saturated carbocycles. The van der Waals surface area contributed by atoms with Crippen molar-refractivity contribution in [3.05, 3.63) is 29.3 Å². The minimum Gasteiger partial charge on any atom is -0.496 e. The van der Waals surface area contributed by atoms with Gasteiger partial charge in [-0.1, -0.05) is 12.1 Å². The highest BCUT2D eigenvalue weighted by atomic mass is 16.5. The number of Topliss-reactive ketones (excluding diaryl/α,β-unsaturated/α-hetero) is 1. The molecule has 0 aliphatic heterocycles. The van der Waals surface area contributed by atoms with Crippen LogP contribution in [0.1, 0.15) is 31.4 Å². The van der Waals surface area contributed by atoms with Gasteiger partial charge in [0.25, 0.3) is 0 Å². The van der Waals surface area contributed by atoms with Gasteiger partial charge in [0.05, 0.1) is 12.5 Å². The highest BCUT2D eigenvalue weighted by molar-refractivity contribution is 5.92. The molecule has 0 unspecified atom stereocenters. The molecule has 0 N–H and O–H groups in total. The fraction of sp³-hybridized carbons (Fsp3) is 0.462. The van der Waals surface area contributed by atoms with Crippen LogP contribution in [0.2, 0.25) is 0 Å². The average molecular weight is 204 g/mol. The van der Waals surface area contributed by atoms with Crippen LogP contribution in [0.25, 0.3) is 0 Å². The van der Waals surface area contributed by atoms with E-state index in [2.05, 4.69) is 6.07 Å². The second kappa shape index (κ2) is 3.37. The SMILES string of the molecule is COc1cccc2c1C(C)(C)C(=O)CC2. The van der Waals surface area contributed by atoms with E-state index < -0.39 is 5.41 Å². The Morgan fingerprint density at radius 2 is 2.00 bits per heavy atom. The van der Waals surface area contributed by atoms with Gasteiger partial charge in [-0.2, -0.15) is 0 Å². The van der Waals surface area contributed by atoms with Crippen molar-refractivity contribution < 1.29 is 9.53 Å². The van der Waals surface area contributed by atoms with Crippen molar-refractivity contribution in [3.8, 4) is 5.75 Å². The summed E-state index contributed by atoms with van der Waals surface area (Å²) in [5.41, 5.74) is 1.92. The van der Waals surface area contributed by atoms with E-state index in [0.717, 1.165) is 17.7 Å². The quantitative estimate of drug-likeness (QED) is 0.702. The lowest BCUT2D eigenvalue weighted by Crippen LogP contribution is -2.34. The summed E-state index contributed by atoms with van der Waals surface area (Å²) in [5, 5.41) is 0. The first kappa shape index (κ1) is 10.2. The summed E-state index contributed by atoms with van der Waals surface area (Å²) in [6.07, 6.45) is 1.49. The molecular weight excluding hydrogens is 188 g/mol. The maximum absolute atomic E-state index is 11.9. The number of ketones is 1. The van der Waals surface area contributed by atoms with Gasteiger partial charge in [0.1, 0.15) is 11.5 Å². The summed E-state index contributed by atoms with van der Waals surface area (Å²) < 4.78 is 5.34. The number of carbonyl (C=O) groups is 1. The van der Waals surface area contributed by atoms with Crippen LogP contribution in [-0.4, -0.2) is 12.9 Å². The maximum Gasteiger partial charge on any atom is 0.143 e. The molecule has 0 fully saturated rings. The Kier molecular flexibility index (Phi) is 2.29. The maximum atomic E-state index is 11.9. The van der Waals surface area contributed by atoms with E-state index in [-0.39, 0.29) is 0 Å². The first-order valence-corrected chi connectivity index (χ1v) is 5.27. The predicted molar refractivity (Wildman–Crippen MR) is 59.3 cm³/mol. The van der Waals surface area contributed by atoms with Gasteiger partial charge in [-0.25, -0.2) is 0 Å². The molecule has 1 aliphatic rings. The summed E-state index contributed by atoms with van der Waals surface area (Å²) in [5.74, 6) is 1.14. The number of benzene rings is 1. The standard InChI is InChI=1S/C13H16O2/c1-13(2)11(14)8-7-9-5-4-6-10(15-3)12(9)13/h4-6H,7-8H2,1-3H3. The minimum absolute atomic E-state index is 0.305. The molecule has 1 aliphatic carbocycles. The Labute approximate surface area is 90.3 Å². The molecule has 2 heteroatoms. The molecule has 2 nitrogen and oxygen atoms in total. The molecule has 0 heterocycles. The molecule has 80 valence electrons. The smallest absolute Gasteiger partial charge is 0.143 e. The number of hydrogen-bond acceptors (Lipinski definition) is 2. The van der Waals surface area contributed by atoms with Crippen LogP contribution in [0.5, 0.6) is 5.75 Å². The van der Waals surface area contributed by atoms with Crippen molar-refractivity contribution in [1.29, 1.82) is 0 Å². The van der Waals surface area contributed by atoms with E-state index in [4.69, 9.17) is 4.74 Å². The summed E-state index contributed by atoms with van der Waals surface area (Å²) in [4.78, 5) is 11.9. The molecule has 2 rings (SSSR count). The normalized spacial score (nSPS) is 18.5. The molecule has 0 atom stereocenters. The van der Waals surface area contributed by atoms with E-state index in [1.54, 1.807) is 7.11 Å². The van der Waals surface area contributed by atoms with Crippen LogP contribution in [0.3, 0.4) is 0 Å². The van der Waals surface area contributed by atoms with Gasteiger partial charge in [-0.3, -0.25) is 4.79 Å². The third-order valence-electron chi connectivity index (χ3n) is 3.28. The summed E-state index contributed by atoms with van der Waals surface area (Å²) in [6, 6.07) is 6.01. The topological polar surface area (TPSA) is 26.3 Å². The monoisotopic (exact) mass is 204 g/mol. The molecule has 0 amide bonds. The third kappa shape index (κ3) is 1.44. The number of fused-ring (bicyclic) bond motifs is 1. The zero-order valence-electron chi connectivity index (χ0n) is 9.46. The number of aryl methyl sites for hydroxylation is 1. The van der Waals surface area contributed by atoms with Gasteiger partial charge in [0.2, 0.25) is 0 Å². The number of methoxy groups -OCH3 is 1. The molecule has 0 radical (unpaired) electrons. The lowest BCUT2D eigenvalue weighted by atomic mass is 9.71. The molecule has 0 bridgehead atoms. The van der Waals surface area contributed by atoms with Gasteiger partial charge in [0.15, 0.2) is 0 Å². The lowest BCUT2D eigenvalue weighted by Gasteiger charge is -2.32. The minimum atomic E-state index is -0.403. The highest BCUT2D eigenvalue weighted by Crippen LogP contribution is 2.39. The van der Waals surface area contributed by atoms with Gasteiger partial charge in [-0.05, 0) is 31.9 Å². The molecule has 1 aromatic rings. The largest absolute Gasteiger partial charge is 0.496 e. The average Bonchev–Trinajstić information content (AvgIpc) is 2.23. The van der Waals surface area contributed by atoms with Crippen LogP contribution >= 0.6 is 0 Å². The van der Waals surface area contributed by atoms with E-state index >= 15 is 0 Å². The Balaban J connectivity index is 2.65. The Morgan fingerprint density at radius 1 is 1.27 bits per heavy atom. The summed E-state index contributed by atoms with van der Waals surface area (Å²) in [7, 11) is 1.66. The van der Waals surface area contributed by atoms with Crippen molar-refractivity contribution in [2.24, 2.45) is 0 Å². The fourth-order valence-electron chi connectivity index (χ4n) is 2.36. The molecule has 0 spiro atoms. The van der Waals surface area contributed by atoms with E-state index in [1.165, 1.54) is 5.56 Å². The fourth-order valence-corrected chi connectivity index (χ4v) is 2.36. The third-order valence-corrected chi connectivity index (χ3v) is 3.28. The second-order valence-corrected chi connectivity index (χ2v) is 4.54. The number of hydrogen-bond donors (Lipinski definition) is 0. The molecular formula is C13H16O2. The van der Waals surface area contributed by atoms with Crippen LogP contribution in [0, 0.1) is 0 Å². The summed E-state index contributed by atoms with van der Waals surface area (Å²) in [6.45, 7) is 3.96. The molecule has 15 heavy (non-hydrogen) atoms. The molecule has 0 aromatic heterocycles. The van der Waals surface area contributed by atoms with Crippen molar-refractivity contribution in [3.63, 3.8) is 0 Å². The first-order chi connectivity index (χ1) is 7.07. The van der Waals surface area contributed by atoms with Crippen molar-refractivity contribution in [1.82, 2.24) is 0 Å². The molecule has 1 aromatic carbocycles. The van der Waals surface area contributed by atoms with Gasteiger partial charge < -0.3 is 4.74 Å². The number of carbonyl (C=O) groups excluding carboxylic acids is 1. The Hall–Kier alpha value is -1.31. The summed E-state index contributed by atoms with van der Waals surface area (Å²) >= 11 is 0. The zero-order chi connectivity index (χ0) is 11.1.